The Labute approximate surface area is 95.8 Å². The Morgan fingerprint density at radius 3 is 2.75 bits per heavy atom. The molecule has 1 rings (SSSR count). The summed E-state index contributed by atoms with van der Waals surface area (Å²) < 4.78 is 6.80. The largest absolute Gasteiger partial charge is 0.369 e. The first-order valence-electron chi connectivity index (χ1n) is 5.29. The van der Waals surface area contributed by atoms with Crippen molar-refractivity contribution in [2.75, 3.05) is 12.4 Å². The second-order valence-electron chi connectivity index (χ2n) is 4.19. The summed E-state index contributed by atoms with van der Waals surface area (Å²) in [6.45, 7) is 5.45. The lowest BCUT2D eigenvalue weighted by Crippen LogP contribution is -2.38. The van der Waals surface area contributed by atoms with Gasteiger partial charge in [0.25, 0.3) is 5.91 Å². The van der Waals surface area contributed by atoms with Crippen molar-refractivity contribution in [2.45, 2.75) is 32.8 Å². The summed E-state index contributed by atoms with van der Waals surface area (Å²) in [7, 11) is 3.35. The minimum atomic E-state index is -0.832. The van der Waals surface area contributed by atoms with Gasteiger partial charge in [0.05, 0.1) is 11.4 Å². The quantitative estimate of drug-likeness (QED) is 0.841. The van der Waals surface area contributed by atoms with E-state index < -0.39 is 5.60 Å². The van der Waals surface area contributed by atoms with Gasteiger partial charge in [-0.15, -0.1) is 0 Å². The van der Waals surface area contributed by atoms with Gasteiger partial charge in [-0.3, -0.25) is 9.48 Å². The molecule has 1 aromatic heterocycles. The standard InChI is InChI=1S/C11H19N3O2/c1-6-8-9(7-14(4)13-8)12-10(15)11(2,3)16-5/h7H,6H2,1-5H3,(H,12,15). The molecule has 0 aliphatic heterocycles. The number of nitrogens with zero attached hydrogens (tertiary/aromatic N) is 2. The molecule has 0 spiro atoms. The lowest BCUT2D eigenvalue weighted by Gasteiger charge is -2.21. The fourth-order valence-corrected chi connectivity index (χ4v) is 1.27. The monoisotopic (exact) mass is 225 g/mol. The van der Waals surface area contributed by atoms with Gasteiger partial charge in [0.15, 0.2) is 0 Å². The molecule has 16 heavy (non-hydrogen) atoms. The van der Waals surface area contributed by atoms with Crippen molar-refractivity contribution in [1.82, 2.24) is 9.78 Å². The number of ether oxygens (including phenoxy) is 1. The molecule has 5 nitrogen and oxygen atoms in total. The van der Waals surface area contributed by atoms with E-state index in [9.17, 15) is 4.79 Å². The SMILES string of the molecule is CCc1nn(C)cc1NC(=O)C(C)(C)OC. The summed E-state index contributed by atoms with van der Waals surface area (Å²) in [5.41, 5.74) is 0.795. The number of hydrogen-bond acceptors (Lipinski definition) is 3. The third kappa shape index (κ3) is 2.61. The number of carbonyl (C=O) groups excluding carboxylic acids is 1. The molecule has 1 aromatic rings. The number of nitrogens with one attached hydrogen (secondary N) is 1. The topological polar surface area (TPSA) is 56.2 Å². The maximum atomic E-state index is 11.9. The van der Waals surface area contributed by atoms with E-state index in [2.05, 4.69) is 10.4 Å². The van der Waals surface area contributed by atoms with E-state index in [4.69, 9.17) is 4.74 Å². The van der Waals surface area contributed by atoms with Crippen molar-refractivity contribution in [1.29, 1.82) is 0 Å². The Hall–Kier alpha value is -1.36. The maximum Gasteiger partial charge on any atom is 0.256 e. The molecule has 0 unspecified atom stereocenters. The third-order valence-electron chi connectivity index (χ3n) is 2.55. The summed E-state index contributed by atoms with van der Waals surface area (Å²) in [5.74, 6) is -0.169. The molecule has 0 bridgehead atoms. The summed E-state index contributed by atoms with van der Waals surface area (Å²) in [6, 6.07) is 0. The van der Waals surface area contributed by atoms with Crippen LogP contribution in [0.1, 0.15) is 26.5 Å². The summed E-state index contributed by atoms with van der Waals surface area (Å²) in [6.07, 6.45) is 2.58. The molecule has 0 fully saturated rings. The molecule has 0 aliphatic rings. The molecule has 0 aliphatic carbocycles. The Morgan fingerprint density at radius 1 is 1.62 bits per heavy atom. The number of amides is 1. The predicted octanol–water partition coefficient (Wildman–Crippen LogP) is 1.35. The van der Waals surface area contributed by atoms with Crippen LogP contribution in [0.3, 0.4) is 0 Å². The fourth-order valence-electron chi connectivity index (χ4n) is 1.27. The zero-order valence-electron chi connectivity index (χ0n) is 10.5. The molecule has 1 heterocycles. The average molecular weight is 225 g/mol. The van der Waals surface area contributed by atoms with Crippen molar-refractivity contribution in [2.24, 2.45) is 7.05 Å². The van der Waals surface area contributed by atoms with Gasteiger partial charge in [-0.1, -0.05) is 6.92 Å². The van der Waals surface area contributed by atoms with Crippen LogP contribution in [0, 0.1) is 0 Å². The van der Waals surface area contributed by atoms with Crippen LogP contribution in [0.2, 0.25) is 0 Å². The molecular formula is C11H19N3O2. The third-order valence-corrected chi connectivity index (χ3v) is 2.55. The van der Waals surface area contributed by atoms with Gasteiger partial charge in [-0.25, -0.2) is 0 Å². The van der Waals surface area contributed by atoms with Gasteiger partial charge in [-0.2, -0.15) is 5.10 Å². The van der Waals surface area contributed by atoms with Crippen LogP contribution in [-0.2, 0) is 23.0 Å². The van der Waals surface area contributed by atoms with E-state index >= 15 is 0 Å². The first-order valence-corrected chi connectivity index (χ1v) is 5.29. The summed E-state index contributed by atoms with van der Waals surface area (Å²) >= 11 is 0. The number of methoxy groups -OCH3 is 1. The van der Waals surface area contributed by atoms with Crippen LogP contribution in [0.15, 0.2) is 6.20 Å². The zero-order valence-corrected chi connectivity index (χ0v) is 10.5. The molecule has 5 heteroatoms. The van der Waals surface area contributed by atoms with Crippen molar-refractivity contribution < 1.29 is 9.53 Å². The van der Waals surface area contributed by atoms with Crippen LogP contribution in [0.4, 0.5) is 5.69 Å². The molecule has 0 atom stereocenters. The van der Waals surface area contributed by atoms with Crippen LogP contribution >= 0.6 is 0 Å². The summed E-state index contributed by atoms with van der Waals surface area (Å²) in [5, 5.41) is 7.08. The second-order valence-corrected chi connectivity index (χ2v) is 4.19. The number of carbonyl (C=O) groups is 1. The second kappa shape index (κ2) is 4.65. The van der Waals surface area contributed by atoms with Gasteiger partial charge in [-0.05, 0) is 20.3 Å². The van der Waals surface area contributed by atoms with Crippen LogP contribution in [0.5, 0.6) is 0 Å². The summed E-state index contributed by atoms with van der Waals surface area (Å²) in [4.78, 5) is 11.9. The molecule has 0 saturated heterocycles. The van der Waals surface area contributed by atoms with Crippen molar-refractivity contribution >= 4 is 11.6 Å². The molecule has 0 aromatic carbocycles. The lowest BCUT2D eigenvalue weighted by atomic mass is 10.1. The number of aryl methyl sites for hydroxylation is 2. The van der Waals surface area contributed by atoms with E-state index in [-0.39, 0.29) is 5.91 Å². The minimum absolute atomic E-state index is 0.169. The Bertz CT molecular complexity index is 383. The highest BCUT2D eigenvalue weighted by molar-refractivity contribution is 5.97. The highest BCUT2D eigenvalue weighted by Gasteiger charge is 2.27. The highest BCUT2D eigenvalue weighted by Crippen LogP contribution is 2.17. The van der Waals surface area contributed by atoms with E-state index in [0.717, 1.165) is 17.8 Å². The Kier molecular flexibility index (Phi) is 3.70. The number of hydrogen-bond donors (Lipinski definition) is 1. The van der Waals surface area contributed by atoms with Gasteiger partial charge in [0.1, 0.15) is 5.60 Å². The number of rotatable bonds is 4. The first-order chi connectivity index (χ1) is 7.40. The van der Waals surface area contributed by atoms with E-state index in [1.165, 1.54) is 7.11 Å². The van der Waals surface area contributed by atoms with Gasteiger partial charge in [0, 0.05) is 20.4 Å². The van der Waals surface area contributed by atoms with E-state index in [1.54, 1.807) is 24.7 Å². The Morgan fingerprint density at radius 2 is 2.25 bits per heavy atom. The van der Waals surface area contributed by atoms with Crippen LogP contribution in [-0.4, -0.2) is 28.4 Å². The average Bonchev–Trinajstić information content (AvgIpc) is 2.58. The smallest absolute Gasteiger partial charge is 0.256 e. The van der Waals surface area contributed by atoms with Gasteiger partial charge >= 0.3 is 0 Å². The van der Waals surface area contributed by atoms with Crippen molar-refractivity contribution in [3.05, 3.63) is 11.9 Å². The molecule has 1 N–H and O–H groups in total. The fraction of sp³-hybridized carbons (Fsp3) is 0.636. The molecular weight excluding hydrogens is 206 g/mol. The van der Waals surface area contributed by atoms with Crippen LogP contribution in [0.25, 0.3) is 0 Å². The normalized spacial score (nSPS) is 11.6. The van der Waals surface area contributed by atoms with Gasteiger partial charge < -0.3 is 10.1 Å². The number of aromatic nitrogens is 2. The van der Waals surface area contributed by atoms with Crippen LogP contribution < -0.4 is 5.32 Å². The lowest BCUT2D eigenvalue weighted by molar-refractivity contribution is -0.133. The van der Waals surface area contributed by atoms with Crippen molar-refractivity contribution in [3.8, 4) is 0 Å². The number of anilines is 1. The molecule has 1 amide bonds. The molecule has 0 radical (unpaired) electrons. The van der Waals surface area contributed by atoms with E-state index in [0.29, 0.717) is 0 Å². The van der Waals surface area contributed by atoms with Gasteiger partial charge in [0.2, 0.25) is 0 Å². The highest BCUT2D eigenvalue weighted by atomic mass is 16.5. The van der Waals surface area contributed by atoms with Crippen molar-refractivity contribution in [3.63, 3.8) is 0 Å². The maximum absolute atomic E-state index is 11.9. The van der Waals surface area contributed by atoms with E-state index in [1.807, 2.05) is 14.0 Å². The Balaban J connectivity index is 2.84. The first kappa shape index (κ1) is 12.7. The molecule has 0 saturated carbocycles. The molecule has 90 valence electrons. The predicted molar refractivity (Wildman–Crippen MR) is 62.3 cm³/mol. The zero-order chi connectivity index (χ0) is 12.3. The minimum Gasteiger partial charge on any atom is -0.369 e.